The molecule has 7 aliphatic rings. The average Bonchev–Trinajstić information content (AvgIpc) is 3.95. The second kappa shape index (κ2) is 12.3. The zero-order chi connectivity index (χ0) is 35.1. The summed E-state index contributed by atoms with van der Waals surface area (Å²) < 4.78 is 35.7. The van der Waals surface area contributed by atoms with Crippen molar-refractivity contribution in [2.24, 2.45) is 23.7 Å². The fourth-order valence-electron chi connectivity index (χ4n) is 9.17. The first kappa shape index (κ1) is 33.5. The van der Waals surface area contributed by atoms with Crippen LogP contribution in [0.4, 0.5) is 10.1 Å². The van der Waals surface area contributed by atoms with Crippen LogP contribution < -0.4 is 10.3 Å². The topological polar surface area (TPSA) is 146 Å². The number of halogens is 1. The molecule has 5 saturated heterocycles. The number of carboxylic acids is 1. The molecule has 2 aliphatic carbocycles. The van der Waals surface area contributed by atoms with Gasteiger partial charge >= 0.3 is 11.9 Å². The number of carboxylic acid groups (broad SMARTS) is 1. The van der Waals surface area contributed by atoms with Gasteiger partial charge in [-0.3, -0.25) is 14.4 Å². The highest BCUT2D eigenvalue weighted by Gasteiger charge is 2.69. The average molecular weight is 698 g/mol. The number of amides is 1. The van der Waals surface area contributed by atoms with Gasteiger partial charge in [0.25, 0.3) is 0 Å². The van der Waals surface area contributed by atoms with Crippen molar-refractivity contribution in [3.05, 3.63) is 39.9 Å². The Morgan fingerprint density at radius 1 is 1.00 bits per heavy atom. The number of ether oxygens (including phenoxy) is 3. The minimum Gasteiger partial charge on any atom is -0.477 e. The molecule has 1 aromatic carbocycles. The summed E-state index contributed by atoms with van der Waals surface area (Å²) in [5, 5.41) is 9.56. The highest BCUT2D eigenvalue weighted by Crippen LogP contribution is 2.60. The maximum Gasteiger partial charge on any atom is 0.341 e. The maximum absolute atomic E-state index is 15.4. The van der Waals surface area contributed by atoms with Crippen LogP contribution in [0.5, 0.6) is 0 Å². The number of hydrogen-bond acceptors (Lipinski definition) is 10. The largest absolute Gasteiger partial charge is 0.477 e. The van der Waals surface area contributed by atoms with E-state index in [0.29, 0.717) is 49.7 Å². The Hall–Kier alpha value is -3.59. The van der Waals surface area contributed by atoms with Crippen LogP contribution in [0.1, 0.15) is 88.5 Å². The lowest BCUT2D eigenvalue weighted by Gasteiger charge is -2.59. The van der Waals surface area contributed by atoms with Crippen molar-refractivity contribution in [2.45, 2.75) is 102 Å². The second-order valence-electron chi connectivity index (χ2n) is 15.3. The van der Waals surface area contributed by atoms with E-state index in [1.54, 1.807) is 15.5 Å². The van der Waals surface area contributed by atoms with E-state index in [2.05, 4.69) is 6.92 Å². The number of nitrogens with zero attached hydrogens (tertiary/aromatic N) is 3. The molecule has 7 fully saturated rings. The van der Waals surface area contributed by atoms with Gasteiger partial charge < -0.3 is 33.7 Å². The molecule has 9 rings (SSSR count). The number of pyridine rings is 1. The number of aromatic nitrogens is 1. The van der Waals surface area contributed by atoms with E-state index in [9.17, 15) is 24.3 Å². The SMILES string of the molecule is C[C@H]1[C@@H](OC(=O)CCC(=O)N2CCN(c3cc4c(cc3F)c(=O)c(C(=O)O)cn4C3CC3)CC2)O[C@@H]2O[C@@]3(C)CC[C@H]4[C@H](C)CC[C@@H]1[C@@]24OO3. The van der Waals surface area contributed by atoms with Crippen LogP contribution in [0.3, 0.4) is 0 Å². The molecule has 6 heterocycles. The Morgan fingerprint density at radius 3 is 2.48 bits per heavy atom. The van der Waals surface area contributed by atoms with E-state index in [4.69, 9.17) is 24.0 Å². The Labute approximate surface area is 288 Å². The first-order valence-corrected chi connectivity index (χ1v) is 17.9. The van der Waals surface area contributed by atoms with Crippen molar-refractivity contribution in [3.8, 4) is 0 Å². The van der Waals surface area contributed by atoms with Crippen LogP contribution in [-0.2, 0) is 33.6 Å². The maximum atomic E-state index is 15.4. The monoisotopic (exact) mass is 697 g/mol. The lowest BCUT2D eigenvalue weighted by Crippen LogP contribution is -2.70. The van der Waals surface area contributed by atoms with E-state index < -0.39 is 47.2 Å². The predicted molar refractivity (Wildman–Crippen MR) is 174 cm³/mol. The number of carbonyl (C=O) groups is 3. The minimum atomic E-state index is -1.34. The van der Waals surface area contributed by atoms with Gasteiger partial charge in [0.2, 0.25) is 23.4 Å². The van der Waals surface area contributed by atoms with Crippen LogP contribution >= 0.6 is 0 Å². The van der Waals surface area contributed by atoms with E-state index in [-0.39, 0.29) is 53.5 Å². The third kappa shape index (κ3) is 5.49. The summed E-state index contributed by atoms with van der Waals surface area (Å²) in [6.45, 7) is 7.43. The number of hydrogen-bond donors (Lipinski definition) is 1. The molecular weight excluding hydrogens is 653 g/mol. The lowest BCUT2D eigenvalue weighted by atomic mass is 9.58. The van der Waals surface area contributed by atoms with E-state index in [1.165, 1.54) is 6.20 Å². The molecule has 1 spiro atoms. The lowest BCUT2D eigenvalue weighted by molar-refractivity contribution is -0.576. The fraction of sp³-hybridized carbons (Fsp3) is 0.667. The van der Waals surface area contributed by atoms with E-state index >= 15 is 4.39 Å². The number of piperazine rings is 1. The summed E-state index contributed by atoms with van der Waals surface area (Å²) in [6, 6.07) is 2.80. The summed E-state index contributed by atoms with van der Waals surface area (Å²) >= 11 is 0. The molecule has 1 amide bonds. The molecule has 0 radical (unpaired) electrons. The summed E-state index contributed by atoms with van der Waals surface area (Å²) in [5.41, 5.74) is -1.06. The molecule has 2 bridgehead atoms. The Morgan fingerprint density at radius 2 is 1.76 bits per heavy atom. The molecule has 8 atom stereocenters. The number of aromatic carboxylic acids is 1. The molecule has 5 aliphatic heterocycles. The predicted octanol–water partition coefficient (Wildman–Crippen LogP) is 4.35. The number of esters is 1. The van der Waals surface area contributed by atoms with Gasteiger partial charge in [0.15, 0.2) is 11.9 Å². The van der Waals surface area contributed by atoms with E-state index in [1.807, 2.05) is 18.7 Å². The Kier molecular flexibility index (Phi) is 8.24. The van der Waals surface area contributed by atoms with Crippen molar-refractivity contribution >= 4 is 34.4 Å². The number of fused-ring (bicyclic) bond motifs is 3. The number of carbonyl (C=O) groups excluding carboxylic acids is 2. The van der Waals surface area contributed by atoms with Gasteiger partial charge in [-0.2, -0.15) is 0 Å². The third-order valence-corrected chi connectivity index (χ3v) is 12.1. The standard InChI is InChI=1S/C36H44FN3O10/c1-19-4-7-25-20(2)33(47-34-36(25)24(19)10-11-35(3,48-34)49-50-36)46-30(42)9-8-29(41)39-14-12-38(13-15-39)28-17-27-22(16-26(28)37)31(43)23(32(44)45)18-40(27)21-5-6-21/h16-21,24-25,33-34H,4-15H2,1-3H3,(H,44,45)/t19-,20-,24+,25+,33+,34-,35-,36-/m1/s1. The molecule has 13 nitrogen and oxygen atoms in total. The summed E-state index contributed by atoms with van der Waals surface area (Å²) in [7, 11) is 0. The zero-order valence-corrected chi connectivity index (χ0v) is 28.6. The first-order chi connectivity index (χ1) is 23.9. The normalized spacial score (nSPS) is 35.0. The van der Waals surface area contributed by atoms with E-state index in [0.717, 1.165) is 38.2 Å². The van der Waals surface area contributed by atoms with Crippen molar-refractivity contribution < 1.29 is 47.9 Å². The smallest absolute Gasteiger partial charge is 0.341 e. The molecule has 50 heavy (non-hydrogen) atoms. The van der Waals surface area contributed by atoms with Gasteiger partial charge in [-0.05, 0) is 63.0 Å². The van der Waals surface area contributed by atoms with Crippen molar-refractivity contribution in [1.82, 2.24) is 9.47 Å². The molecule has 14 heteroatoms. The molecule has 1 N–H and O–H groups in total. The summed E-state index contributed by atoms with van der Waals surface area (Å²) in [4.78, 5) is 66.3. The molecule has 2 aromatic rings. The number of anilines is 1. The van der Waals surface area contributed by atoms with Crippen LogP contribution in [-0.4, -0.2) is 82.6 Å². The van der Waals surface area contributed by atoms with Gasteiger partial charge in [0, 0.05) is 68.5 Å². The van der Waals surface area contributed by atoms with Crippen molar-refractivity contribution in [1.29, 1.82) is 0 Å². The zero-order valence-electron chi connectivity index (χ0n) is 28.6. The number of benzene rings is 1. The van der Waals surface area contributed by atoms with Crippen LogP contribution in [0.2, 0.25) is 0 Å². The van der Waals surface area contributed by atoms with Crippen molar-refractivity contribution in [3.63, 3.8) is 0 Å². The third-order valence-electron chi connectivity index (χ3n) is 12.1. The minimum absolute atomic E-state index is 0.0109. The van der Waals surface area contributed by atoms with Gasteiger partial charge in [-0.15, -0.1) is 0 Å². The second-order valence-corrected chi connectivity index (χ2v) is 15.3. The highest BCUT2D eigenvalue weighted by atomic mass is 19.1. The summed E-state index contributed by atoms with van der Waals surface area (Å²) in [5.74, 6) is -3.18. The fourth-order valence-corrected chi connectivity index (χ4v) is 9.17. The van der Waals surface area contributed by atoms with Crippen molar-refractivity contribution in [2.75, 3.05) is 31.1 Å². The van der Waals surface area contributed by atoms with Crippen LogP contribution in [0, 0.1) is 29.5 Å². The van der Waals surface area contributed by atoms with Crippen LogP contribution in [0.25, 0.3) is 10.9 Å². The first-order valence-electron chi connectivity index (χ1n) is 17.9. The van der Waals surface area contributed by atoms with Gasteiger partial charge in [-0.1, -0.05) is 13.8 Å². The van der Waals surface area contributed by atoms with Gasteiger partial charge in [0.05, 0.1) is 17.6 Å². The quantitative estimate of drug-likeness (QED) is 0.326. The molecular formula is C36H44FN3O10. The summed E-state index contributed by atoms with van der Waals surface area (Å²) in [6.07, 6.45) is 4.82. The van der Waals surface area contributed by atoms with Gasteiger partial charge in [-0.25, -0.2) is 19.0 Å². The molecule has 270 valence electrons. The molecule has 2 saturated carbocycles. The molecule has 1 aromatic heterocycles. The Balaban J connectivity index is 0.885. The number of rotatable bonds is 7. The van der Waals surface area contributed by atoms with Crippen LogP contribution in [0.15, 0.2) is 23.1 Å². The van der Waals surface area contributed by atoms with Gasteiger partial charge in [0.1, 0.15) is 11.4 Å². The molecule has 0 unspecified atom stereocenters. The highest BCUT2D eigenvalue weighted by molar-refractivity contribution is 5.93. The Bertz CT molecular complexity index is 1790.